The predicted octanol–water partition coefficient (Wildman–Crippen LogP) is 3.16. The highest BCUT2D eigenvalue weighted by molar-refractivity contribution is 6.17. The number of halogens is 1. The van der Waals surface area contributed by atoms with Crippen molar-refractivity contribution in [2.24, 2.45) is 0 Å². The second-order valence-electron chi connectivity index (χ2n) is 4.42. The van der Waals surface area contributed by atoms with Crippen LogP contribution in [-0.4, -0.2) is 18.3 Å². The van der Waals surface area contributed by atoms with Crippen molar-refractivity contribution in [3.05, 3.63) is 29.3 Å². The minimum absolute atomic E-state index is 0.223. The molecule has 1 aliphatic rings. The van der Waals surface area contributed by atoms with Gasteiger partial charge in [0.15, 0.2) is 0 Å². The molecule has 0 atom stereocenters. The lowest BCUT2D eigenvalue weighted by Gasteiger charge is -2.14. The molecule has 0 bridgehead atoms. The highest BCUT2D eigenvalue weighted by Crippen LogP contribution is 2.29. The van der Waals surface area contributed by atoms with Crippen LogP contribution in [0.3, 0.4) is 0 Å². The molecule has 0 saturated carbocycles. The molecule has 1 amide bonds. The highest BCUT2D eigenvalue weighted by atomic mass is 35.5. The number of hydrogen-bond donors (Lipinski definition) is 0. The summed E-state index contributed by atoms with van der Waals surface area (Å²) in [7, 11) is 0. The van der Waals surface area contributed by atoms with Crippen LogP contribution in [0.2, 0.25) is 0 Å². The molecule has 0 saturated heterocycles. The molecule has 0 aromatic heterocycles. The number of likely N-dealkylation sites (N-methyl/N-ethyl adjacent to an activating group) is 1. The zero-order valence-electron chi connectivity index (χ0n) is 10.2. The summed E-state index contributed by atoms with van der Waals surface area (Å²) >= 11 is 5.67. The summed E-state index contributed by atoms with van der Waals surface area (Å²) < 4.78 is 0. The van der Waals surface area contributed by atoms with Gasteiger partial charge in [-0.1, -0.05) is 12.1 Å². The van der Waals surface area contributed by atoms with Crippen molar-refractivity contribution in [1.29, 1.82) is 0 Å². The molecule has 1 aliphatic heterocycles. The van der Waals surface area contributed by atoms with Gasteiger partial charge in [0.1, 0.15) is 0 Å². The third-order valence-electron chi connectivity index (χ3n) is 3.24. The number of alkyl halides is 1. The smallest absolute Gasteiger partial charge is 0.231 e. The molecule has 0 N–H and O–H groups in total. The number of unbranched alkanes of at least 4 members (excludes halogenated alkanes) is 1. The van der Waals surface area contributed by atoms with E-state index in [1.165, 1.54) is 11.1 Å². The van der Waals surface area contributed by atoms with E-state index in [1.54, 1.807) is 0 Å². The first-order chi connectivity index (χ1) is 8.26. The van der Waals surface area contributed by atoms with Crippen molar-refractivity contribution in [3.63, 3.8) is 0 Å². The molecule has 0 aliphatic carbocycles. The molecule has 2 rings (SSSR count). The summed E-state index contributed by atoms with van der Waals surface area (Å²) in [5.41, 5.74) is 3.60. The number of hydrogen-bond acceptors (Lipinski definition) is 1. The maximum Gasteiger partial charge on any atom is 0.231 e. The molecule has 0 unspecified atom stereocenters. The van der Waals surface area contributed by atoms with Crippen LogP contribution in [0.25, 0.3) is 0 Å². The number of anilines is 1. The Kier molecular flexibility index (Phi) is 4.06. The van der Waals surface area contributed by atoms with Crippen LogP contribution in [0.1, 0.15) is 30.9 Å². The normalized spacial score (nSPS) is 14.2. The average Bonchev–Trinajstić information content (AvgIpc) is 2.64. The number of nitrogens with zero attached hydrogens (tertiary/aromatic N) is 1. The summed E-state index contributed by atoms with van der Waals surface area (Å²) in [4.78, 5) is 13.6. The zero-order chi connectivity index (χ0) is 12.3. The molecule has 1 aromatic carbocycles. The van der Waals surface area contributed by atoms with Gasteiger partial charge in [0.25, 0.3) is 0 Å². The van der Waals surface area contributed by atoms with E-state index in [-0.39, 0.29) is 5.91 Å². The molecule has 1 heterocycles. The molecule has 1 aromatic rings. The minimum Gasteiger partial charge on any atom is -0.312 e. The largest absolute Gasteiger partial charge is 0.312 e. The predicted molar refractivity (Wildman–Crippen MR) is 71.8 cm³/mol. The number of carbonyl (C=O) groups excluding carboxylic acids is 1. The first kappa shape index (κ1) is 12.4. The van der Waals surface area contributed by atoms with E-state index in [9.17, 15) is 4.79 Å². The van der Waals surface area contributed by atoms with Crippen LogP contribution in [0.5, 0.6) is 0 Å². The Morgan fingerprint density at radius 1 is 1.35 bits per heavy atom. The van der Waals surface area contributed by atoms with Gasteiger partial charge in [-0.25, -0.2) is 0 Å². The molecule has 17 heavy (non-hydrogen) atoms. The Bertz CT molecular complexity index is 417. The van der Waals surface area contributed by atoms with E-state index >= 15 is 0 Å². The zero-order valence-corrected chi connectivity index (χ0v) is 11.0. The summed E-state index contributed by atoms with van der Waals surface area (Å²) in [6.07, 6.45) is 3.79. The quantitative estimate of drug-likeness (QED) is 0.582. The van der Waals surface area contributed by atoms with Crippen LogP contribution in [0.4, 0.5) is 5.69 Å². The SMILES string of the molecule is CCN1C(=O)Cc2cc(CCCCCl)ccc21. The Labute approximate surface area is 108 Å². The van der Waals surface area contributed by atoms with Gasteiger partial charge in [-0.05, 0) is 43.4 Å². The van der Waals surface area contributed by atoms with Gasteiger partial charge in [-0.15, -0.1) is 11.6 Å². The van der Waals surface area contributed by atoms with Gasteiger partial charge in [0, 0.05) is 18.1 Å². The number of amides is 1. The number of fused-ring (bicyclic) bond motifs is 1. The van der Waals surface area contributed by atoms with Crippen molar-refractivity contribution in [1.82, 2.24) is 0 Å². The topological polar surface area (TPSA) is 20.3 Å². The van der Waals surface area contributed by atoms with Gasteiger partial charge < -0.3 is 4.90 Å². The number of benzene rings is 1. The molecule has 0 radical (unpaired) electrons. The first-order valence-corrected chi connectivity index (χ1v) is 6.78. The fourth-order valence-electron chi connectivity index (χ4n) is 2.36. The fourth-order valence-corrected chi connectivity index (χ4v) is 2.55. The molecular formula is C14H18ClNO. The third kappa shape index (κ3) is 2.63. The Balaban J connectivity index is 2.11. The van der Waals surface area contributed by atoms with E-state index < -0.39 is 0 Å². The highest BCUT2D eigenvalue weighted by Gasteiger charge is 2.25. The van der Waals surface area contributed by atoms with E-state index in [0.29, 0.717) is 6.42 Å². The second-order valence-corrected chi connectivity index (χ2v) is 4.80. The summed E-state index contributed by atoms with van der Waals surface area (Å²) in [6.45, 7) is 2.78. The molecule has 0 fully saturated rings. The lowest BCUT2D eigenvalue weighted by atomic mass is 10.0. The van der Waals surface area contributed by atoms with Crippen LogP contribution in [-0.2, 0) is 17.6 Å². The maximum absolute atomic E-state index is 11.7. The average molecular weight is 252 g/mol. The van der Waals surface area contributed by atoms with Crippen molar-refractivity contribution in [3.8, 4) is 0 Å². The Morgan fingerprint density at radius 2 is 2.18 bits per heavy atom. The van der Waals surface area contributed by atoms with Crippen molar-refractivity contribution in [2.45, 2.75) is 32.6 Å². The fraction of sp³-hybridized carbons (Fsp3) is 0.500. The molecule has 0 spiro atoms. The monoisotopic (exact) mass is 251 g/mol. The summed E-state index contributed by atoms with van der Waals surface area (Å²) in [5.74, 6) is 0.952. The van der Waals surface area contributed by atoms with Crippen molar-refractivity contribution >= 4 is 23.2 Å². The van der Waals surface area contributed by atoms with Crippen LogP contribution in [0, 0.1) is 0 Å². The number of rotatable bonds is 5. The van der Waals surface area contributed by atoms with Gasteiger partial charge in [-0.3, -0.25) is 4.79 Å². The van der Waals surface area contributed by atoms with Crippen LogP contribution in [0.15, 0.2) is 18.2 Å². The van der Waals surface area contributed by atoms with E-state index in [1.807, 2.05) is 11.8 Å². The minimum atomic E-state index is 0.223. The van der Waals surface area contributed by atoms with Gasteiger partial charge in [-0.2, -0.15) is 0 Å². The van der Waals surface area contributed by atoms with E-state index in [0.717, 1.165) is 37.4 Å². The van der Waals surface area contributed by atoms with Gasteiger partial charge in [0.05, 0.1) is 6.42 Å². The maximum atomic E-state index is 11.7. The lowest BCUT2D eigenvalue weighted by molar-refractivity contribution is -0.117. The summed E-state index contributed by atoms with van der Waals surface area (Å²) in [5, 5.41) is 0. The Hall–Kier alpha value is -1.02. The third-order valence-corrected chi connectivity index (χ3v) is 3.51. The second kappa shape index (κ2) is 5.54. The Morgan fingerprint density at radius 3 is 2.88 bits per heavy atom. The van der Waals surface area contributed by atoms with E-state index in [4.69, 9.17) is 11.6 Å². The van der Waals surface area contributed by atoms with Crippen LogP contribution >= 0.6 is 11.6 Å². The van der Waals surface area contributed by atoms with Gasteiger partial charge in [0.2, 0.25) is 5.91 Å². The molecule has 2 nitrogen and oxygen atoms in total. The van der Waals surface area contributed by atoms with E-state index in [2.05, 4.69) is 18.2 Å². The number of aryl methyl sites for hydroxylation is 1. The van der Waals surface area contributed by atoms with Crippen molar-refractivity contribution in [2.75, 3.05) is 17.3 Å². The molecule has 92 valence electrons. The molecular weight excluding hydrogens is 234 g/mol. The lowest BCUT2D eigenvalue weighted by Crippen LogP contribution is -2.25. The molecule has 3 heteroatoms. The van der Waals surface area contributed by atoms with Gasteiger partial charge >= 0.3 is 0 Å². The number of carbonyl (C=O) groups is 1. The van der Waals surface area contributed by atoms with Crippen LogP contribution < -0.4 is 4.90 Å². The van der Waals surface area contributed by atoms with Crippen molar-refractivity contribution < 1.29 is 4.79 Å². The standard InChI is InChI=1S/C14H18ClNO/c1-2-16-13-7-6-11(5-3-4-8-15)9-12(13)10-14(16)17/h6-7,9H,2-5,8,10H2,1H3. The summed E-state index contributed by atoms with van der Waals surface area (Å²) in [6, 6.07) is 6.39. The first-order valence-electron chi connectivity index (χ1n) is 6.24.